The molecule has 1 aliphatic heterocycles. The predicted octanol–water partition coefficient (Wildman–Crippen LogP) is 5.24. The van der Waals surface area contributed by atoms with Gasteiger partial charge < -0.3 is 5.32 Å². The van der Waals surface area contributed by atoms with Gasteiger partial charge in [-0.1, -0.05) is 42.5 Å². The van der Waals surface area contributed by atoms with E-state index < -0.39 is 11.6 Å². The lowest BCUT2D eigenvalue weighted by molar-refractivity contribution is 0.0941. The van der Waals surface area contributed by atoms with Crippen LogP contribution in [0.3, 0.4) is 0 Å². The van der Waals surface area contributed by atoms with Crippen LogP contribution in [0.5, 0.6) is 0 Å². The summed E-state index contributed by atoms with van der Waals surface area (Å²) >= 11 is 1.11. The zero-order valence-corrected chi connectivity index (χ0v) is 18.5. The van der Waals surface area contributed by atoms with Crippen LogP contribution in [-0.4, -0.2) is 42.0 Å². The molecule has 0 saturated carbocycles. The van der Waals surface area contributed by atoms with Gasteiger partial charge in [0.1, 0.15) is 21.5 Å². The number of hydrogen-bond donors (Lipinski definition) is 1. The fourth-order valence-electron chi connectivity index (χ4n) is 3.77. The molecule has 1 aromatic heterocycles. The van der Waals surface area contributed by atoms with Crippen molar-refractivity contribution in [2.45, 2.75) is 12.8 Å². The Kier molecular flexibility index (Phi) is 7.39. The minimum atomic E-state index is -0.684. The number of aromatic nitrogens is 1. The maximum Gasteiger partial charge on any atom is 0.263 e. The Hall–Kier alpha value is -2.90. The van der Waals surface area contributed by atoms with Crippen molar-refractivity contribution in [2.75, 3.05) is 26.2 Å². The van der Waals surface area contributed by atoms with E-state index in [1.807, 2.05) is 18.2 Å². The summed E-state index contributed by atoms with van der Waals surface area (Å²) in [7, 11) is 0. The molecule has 0 spiro atoms. The largest absolute Gasteiger partial charge is 0.351 e. The van der Waals surface area contributed by atoms with Gasteiger partial charge in [-0.2, -0.15) is 0 Å². The van der Waals surface area contributed by atoms with Crippen LogP contribution in [0.1, 0.15) is 28.1 Å². The molecule has 0 atom stereocenters. The fraction of sp³-hybridized carbons (Fsp3) is 0.280. The van der Waals surface area contributed by atoms with Crippen LogP contribution in [0, 0.1) is 17.6 Å². The van der Waals surface area contributed by atoms with Crippen molar-refractivity contribution in [1.82, 2.24) is 15.2 Å². The first kappa shape index (κ1) is 22.3. The monoisotopic (exact) mass is 453 g/mol. The third kappa shape index (κ3) is 5.87. The summed E-state index contributed by atoms with van der Waals surface area (Å²) in [5, 5.41) is 3.35. The Balaban J connectivity index is 1.22. The molecule has 1 fully saturated rings. The molecule has 2 heterocycles. The first-order valence-electron chi connectivity index (χ1n) is 10.7. The zero-order valence-electron chi connectivity index (χ0n) is 17.6. The maximum absolute atomic E-state index is 14.0. The molecular formula is C25H25F2N3OS. The number of amides is 1. The Bertz CT molecular complexity index is 1080. The molecule has 166 valence electrons. The number of halogens is 2. The van der Waals surface area contributed by atoms with Crippen molar-refractivity contribution in [3.05, 3.63) is 82.9 Å². The van der Waals surface area contributed by atoms with E-state index in [4.69, 9.17) is 0 Å². The van der Waals surface area contributed by atoms with Crippen LogP contribution in [0.15, 0.2) is 60.8 Å². The second kappa shape index (κ2) is 10.6. The fourth-order valence-corrected chi connectivity index (χ4v) is 4.63. The molecule has 2 aromatic carbocycles. The third-order valence-electron chi connectivity index (χ3n) is 5.62. The zero-order chi connectivity index (χ0) is 22.3. The van der Waals surface area contributed by atoms with E-state index in [-0.39, 0.29) is 11.5 Å². The van der Waals surface area contributed by atoms with Crippen molar-refractivity contribution in [2.24, 2.45) is 5.92 Å². The van der Waals surface area contributed by atoms with Gasteiger partial charge in [0.25, 0.3) is 5.91 Å². The molecule has 0 bridgehead atoms. The van der Waals surface area contributed by atoms with Gasteiger partial charge in [-0.3, -0.25) is 9.69 Å². The molecule has 0 radical (unpaired) electrons. The number of likely N-dealkylation sites (tertiary alicyclic amines) is 1. The van der Waals surface area contributed by atoms with Gasteiger partial charge in [0.2, 0.25) is 0 Å². The summed E-state index contributed by atoms with van der Waals surface area (Å²) in [6.45, 7) is 3.56. The smallest absolute Gasteiger partial charge is 0.263 e. The van der Waals surface area contributed by atoms with Gasteiger partial charge in [0.05, 0.1) is 6.20 Å². The molecule has 32 heavy (non-hydrogen) atoms. The van der Waals surface area contributed by atoms with Crippen LogP contribution >= 0.6 is 11.3 Å². The molecular weight excluding hydrogens is 428 g/mol. The Labute approximate surface area is 190 Å². The molecule has 1 amide bonds. The molecule has 4 rings (SSSR count). The Morgan fingerprint density at radius 3 is 2.69 bits per heavy atom. The Morgan fingerprint density at radius 1 is 1.16 bits per heavy atom. The summed E-state index contributed by atoms with van der Waals surface area (Å²) in [5.74, 6) is -1.09. The number of rotatable bonds is 7. The lowest BCUT2D eigenvalue weighted by atomic mass is 9.97. The Morgan fingerprint density at radius 2 is 1.94 bits per heavy atom. The number of nitrogens with one attached hydrogen (secondary N) is 1. The SMILES string of the molecule is O=C(NCC1CCN(C/C=C/c2ccccc2)CC1)c1cnc(-c2ccc(F)cc2F)s1. The van der Waals surface area contributed by atoms with E-state index in [1.54, 1.807) is 0 Å². The van der Waals surface area contributed by atoms with E-state index in [0.29, 0.717) is 22.3 Å². The van der Waals surface area contributed by atoms with E-state index >= 15 is 0 Å². The van der Waals surface area contributed by atoms with Gasteiger partial charge in [-0.15, -0.1) is 11.3 Å². The number of piperidine rings is 1. The third-order valence-corrected chi connectivity index (χ3v) is 6.65. The average Bonchev–Trinajstić information content (AvgIpc) is 3.29. The molecule has 4 nitrogen and oxygen atoms in total. The highest BCUT2D eigenvalue weighted by atomic mass is 32.1. The van der Waals surface area contributed by atoms with Crippen LogP contribution < -0.4 is 5.32 Å². The molecule has 1 saturated heterocycles. The van der Waals surface area contributed by atoms with Gasteiger partial charge >= 0.3 is 0 Å². The molecule has 3 aromatic rings. The summed E-state index contributed by atoms with van der Waals surface area (Å²) in [5.41, 5.74) is 1.41. The maximum atomic E-state index is 14.0. The normalized spacial score (nSPS) is 15.3. The summed E-state index contributed by atoms with van der Waals surface area (Å²) in [6, 6.07) is 13.6. The quantitative estimate of drug-likeness (QED) is 0.532. The van der Waals surface area contributed by atoms with E-state index in [1.165, 1.54) is 23.9 Å². The minimum Gasteiger partial charge on any atom is -0.351 e. The highest BCUT2D eigenvalue weighted by molar-refractivity contribution is 7.16. The summed E-state index contributed by atoms with van der Waals surface area (Å²) in [6.07, 6.45) is 7.86. The molecule has 1 N–H and O–H groups in total. The minimum absolute atomic E-state index is 0.198. The van der Waals surface area contributed by atoms with E-state index in [0.717, 1.165) is 49.9 Å². The number of hydrogen-bond acceptors (Lipinski definition) is 4. The van der Waals surface area contributed by atoms with Gasteiger partial charge in [-0.05, 0) is 49.5 Å². The van der Waals surface area contributed by atoms with E-state index in [2.05, 4.69) is 39.5 Å². The molecule has 0 unspecified atom stereocenters. The lowest BCUT2D eigenvalue weighted by Gasteiger charge is -2.31. The van der Waals surface area contributed by atoms with Gasteiger partial charge in [0, 0.05) is 24.7 Å². The van der Waals surface area contributed by atoms with Crippen LogP contribution in [0.2, 0.25) is 0 Å². The lowest BCUT2D eigenvalue weighted by Crippen LogP contribution is -2.38. The standard InChI is InChI=1S/C25H25F2N3OS/c26-20-8-9-21(22(27)15-20)25-29-17-23(32-25)24(31)28-16-19-10-13-30(14-11-19)12-4-7-18-5-2-1-3-6-18/h1-9,15,17,19H,10-14,16H2,(H,28,31)/b7-4+. The van der Waals surface area contributed by atoms with Crippen molar-refractivity contribution in [1.29, 1.82) is 0 Å². The van der Waals surface area contributed by atoms with Gasteiger partial charge in [-0.25, -0.2) is 13.8 Å². The van der Waals surface area contributed by atoms with E-state index in [9.17, 15) is 13.6 Å². The topological polar surface area (TPSA) is 45.2 Å². The summed E-state index contributed by atoms with van der Waals surface area (Å²) in [4.78, 5) is 19.5. The van der Waals surface area contributed by atoms with Crippen molar-refractivity contribution < 1.29 is 13.6 Å². The van der Waals surface area contributed by atoms with Crippen molar-refractivity contribution in [3.8, 4) is 10.6 Å². The summed E-state index contributed by atoms with van der Waals surface area (Å²) < 4.78 is 27.1. The molecule has 1 aliphatic rings. The van der Waals surface area contributed by atoms with Crippen LogP contribution in [0.4, 0.5) is 8.78 Å². The number of carbonyl (C=O) groups is 1. The van der Waals surface area contributed by atoms with Crippen molar-refractivity contribution in [3.63, 3.8) is 0 Å². The number of carbonyl (C=O) groups excluding carboxylic acids is 1. The number of nitrogens with zero attached hydrogens (tertiary/aromatic N) is 2. The van der Waals surface area contributed by atoms with Crippen LogP contribution in [-0.2, 0) is 0 Å². The second-order valence-corrected chi connectivity index (χ2v) is 8.95. The second-order valence-electron chi connectivity index (χ2n) is 7.92. The number of benzene rings is 2. The first-order chi connectivity index (χ1) is 15.6. The molecule has 7 heteroatoms. The first-order valence-corrected chi connectivity index (χ1v) is 11.5. The van der Waals surface area contributed by atoms with Crippen LogP contribution in [0.25, 0.3) is 16.6 Å². The number of thiazole rings is 1. The average molecular weight is 454 g/mol. The van der Waals surface area contributed by atoms with Gasteiger partial charge in [0.15, 0.2) is 0 Å². The molecule has 0 aliphatic carbocycles. The van der Waals surface area contributed by atoms with Crippen molar-refractivity contribution >= 4 is 23.3 Å². The highest BCUT2D eigenvalue weighted by Gasteiger charge is 2.20. The predicted molar refractivity (Wildman–Crippen MR) is 124 cm³/mol. The highest BCUT2D eigenvalue weighted by Crippen LogP contribution is 2.28.